The SMILES string of the molecule is CCC(C)[C@H](N)C(=O)NC(C)c1ccc(CC(C)C)cc1. The van der Waals surface area contributed by atoms with Crippen molar-refractivity contribution in [3.63, 3.8) is 0 Å². The molecular weight excluding hydrogens is 260 g/mol. The zero-order valence-electron chi connectivity index (χ0n) is 14.0. The van der Waals surface area contributed by atoms with Crippen LogP contribution in [0.15, 0.2) is 24.3 Å². The van der Waals surface area contributed by atoms with E-state index >= 15 is 0 Å². The van der Waals surface area contributed by atoms with Gasteiger partial charge in [0, 0.05) is 0 Å². The first-order valence-electron chi connectivity index (χ1n) is 7.99. The Hall–Kier alpha value is -1.35. The third-order valence-electron chi connectivity index (χ3n) is 4.04. The number of hydrogen-bond acceptors (Lipinski definition) is 2. The monoisotopic (exact) mass is 290 g/mol. The van der Waals surface area contributed by atoms with E-state index in [1.54, 1.807) is 0 Å². The van der Waals surface area contributed by atoms with Gasteiger partial charge in [-0.2, -0.15) is 0 Å². The van der Waals surface area contributed by atoms with Crippen LogP contribution in [-0.2, 0) is 11.2 Å². The second-order valence-corrected chi connectivity index (χ2v) is 6.48. The molecule has 1 aromatic rings. The molecule has 3 heteroatoms. The summed E-state index contributed by atoms with van der Waals surface area (Å²) in [5, 5.41) is 3.01. The number of benzene rings is 1. The van der Waals surface area contributed by atoms with Gasteiger partial charge in [-0.15, -0.1) is 0 Å². The Morgan fingerprint density at radius 3 is 2.19 bits per heavy atom. The molecule has 0 bridgehead atoms. The fraction of sp³-hybridized carbons (Fsp3) is 0.611. The second kappa shape index (κ2) is 8.18. The fourth-order valence-corrected chi connectivity index (χ4v) is 2.32. The van der Waals surface area contributed by atoms with Crippen molar-refractivity contribution in [2.24, 2.45) is 17.6 Å². The minimum atomic E-state index is -0.433. The van der Waals surface area contributed by atoms with Gasteiger partial charge < -0.3 is 11.1 Å². The molecule has 0 heterocycles. The van der Waals surface area contributed by atoms with E-state index in [-0.39, 0.29) is 17.9 Å². The Labute approximate surface area is 129 Å². The van der Waals surface area contributed by atoms with Crippen LogP contribution in [0.5, 0.6) is 0 Å². The van der Waals surface area contributed by atoms with E-state index in [0.717, 1.165) is 18.4 Å². The Morgan fingerprint density at radius 2 is 1.71 bits per heavy atom. The topological polar surface area (TPSA) is 55.1 Å². The number of rotatable bonds is 7. The van der Waals surface area contributed by atoms with E-state index in [0.29, 0.717) is 5.92 Å². The maximum Gasteiger partial charge on any atom is 0.237 e. The van der Waals surface area contributed by atoms with Crippen LogP contribution in [0, 0.1) is 11.8 Å². The summed E-state index contributed by atoms with van der Waals surface area (Å²) in [6, 6.07) is 8.03. The van der Waals surface area contributed by atoms with Gasteiger partial charge in [-0.3, -0.25) is 4.79 Å². The van der Waals surface area contributed by atoms with Crippen molar-refractivity contribution < 1.29 is 4.79 Å². The van der Waals surface area contributed by atoms with Crippen molar-refractivity contribution in [1.82, 2.24) is 5.32 Å². The number of nitrogens with one attached hydrogen (secondary N) is 1. The lowest BCUT2D eigenvalue weighted by Crippen LogP contribution is -2.45. The highest BCUT2D eigenvalue weighted by atomic mass is 16.2. The van der Waals surface area contributed by atoms with Crippen molar-refractivity contribution >= 4 is 5.91 Å². The molecule has 0 aliphatic heterocycles. The zero-order chi connectivity index (χ0) is 16.0. The van der Waals surface area contributed by atoms with Gasteiger partial charge in [0.25, 0.3) is 0 Å². The lowest BCUT2D eigenvalue weighted by atomic mass is 9.98. The highest BCUT2D eigenvalue weighted by Gasteiger charge is 2.21. The fourth-order valence-electron chi connectivity index (χ4n) is 2.32. The predicted molar refractivity (Wildman–Crippen MR) is 89.0 cm³/mol. The van der Waals surface area contributed by atoms with E-state index in [2.05, 4.69) is 50.4 Å². The molecule has 1 aromatic carbocycles. The average molecular weight is 290 g/mol. The third-order valence-corrected chi connectivity index (χ3v) is 4.04. The minimum absolute atomic E-state index is 0.0132. The molecule has 3 nitrogen and oxygen atoms in total. The second-order valence-electron chi connectivity index (χ2n) is 6.48. The van der Waals surface area contributed by atoms with Crippen LogP contribution < -0.4 is 11.1 Å². The van der Waals surface area contributed by atoms with Gasteiger partial charge >= 0.3 is 0 Å². The molecule has 0 aliphatic carbocycles. The Balaban J connectivity index is 2.63. The molecule has 0 fully saturated rings. The van der Waals surface area contributed by atoms with Crippen molar-refractivity contribution in [2.75, 3.05) is 0 Å². The Morgan fingerprint density at radius 1 is 1.14 bits per heavy atom. The van der Waals surface area contributed by atoms with E-state index in [1.807, 2.05) is 13.8 Å². The summed E-state index contributed by atoms with van der Waals surface area (Å²) >= 11 is 0. The number of carbonyl (C=O) groups excluding carboxylic acids is 1. The summed E-state index contributed by atoms with van der Waals surface area (Å²) in [5.74, 6) is 0.787. The molecule has 2 unspecified atom stereocenters. The normalized spacial score (nSPS) is 15.6. The first-order valence-corrected chi connectivity index (χ1v) is 7.99. The molecule has 3 atom stereocenters. The van der Waals surface area contributed by atoms with Crippen LogP contribution in [0.25, 0.3) is 0 Å². The minimum Gasteiger partial charge on any atom is -0.348 e. The molecule has 3 N–H and O–H groups in total. The van der Waals surface area contributed by atoms with Crippen molar-refractivity contribution in [2.45, 2.75) is 59.5 Å². The van der Waals surface area contributed by atoms with Crippen LogP contribution in [0.2, 0.25) is 0 Å². The van der Waals surface area contributed by atoms with Crippen molar-refractivity contribution in [3.8, 4) is 0 Å². The van der Waals surface area contributed by atoms with Crippen LogP contribution in [0.4, 0.5) is 0 Å². The van der Waals surface area contributed by atoms with E-state index in [4.69, 9.17) is 5.73 Å². The Bertz CT molecular complexity index is 439. The largest absolute Gasteiger partial charge is 0.348 e. The van der Waals surface area contributed by atoms with Gasteiger partial charge in [-0.25, -0.2) is 0 Å². The Kier molecular flexibility index (Phi) is 6.90. The summed E-state index contributed by atoms with van der Waals surface area (Å²) in [4.78, 5) is 12.1. The van der Waals surface area contributed by atoms with Crippen molar-refractivity contribution in [1.29, 1.82) is 0 Å². The smallest absolute Gasteiger partial charge is 0.237 e. The zero-order valence-corrected chi connectivity index (χ0v) is 14.0. The molecule has 0 spiro atoms. The van der Waals surface area contributed by atoms with Crippen LogP contribution in [0.1, 0.15) is 58.2 Å². The highest BCUT2D eigenvalue weighted by molar-refractivity contribution is 5.82. The van der Waals surface area contributed by atoms with Crippen LogP contribution in [0.3, 0.4) is 0 Å². The van der Waals surface area contributed by atoms with E-state index in [9.17, 15) is 4.79 Å². The standard InChI is InChI=1S/C18H30N2O/c1-6-13(4)17(19)18(21)20-14(5)16-9-7-15(8-10-16)11-12(2)3/h7-10,12-14,17H,6,11,19H2,1-5H3,(H,20,21)/t13?,14?,17-/m0/s1. The van der Waals surface area contributed by atoms with E-state index < -0.39 is 6.04 Å². The predicted octanol–water partition coefficient (Wildman–Crippen LogP) is 3.44. The highest BCUT2D eigenvalue weighted by Crippen LogP contribution is 2.16. The summed E-state index contributed by atoms with van der Waals surface area (Å²) < 4.78 is 0. The van der Waals surface area contributed by atoms with Gasteiger partial charge in [0.2, 0.25) is 5.91 Å². The summed E-state index contributed by atoms with van der Waals surface area (Å²) in [6.07, 6.45) is 1.99. The lowest BCUT2D eigenvalue weighted by molar-refractivity contribution is -0.124. The quantitative estimate of drug-likeness (QED) is 0.808. The first-order chi connectivity index (χ1) is 9.85. The first kappa shape index (κ1) is 17.7. The van der Waals surface area contributed by atoms with Crippen LogP contribution in [-0.4, -0.2) is 11.9 Å². The van der Waals surface area contributed by atoms with Crippen molar-refractivity contribution in [3.05, 3.63) is 35.4 Å². The summed E-state index contributed by atoms with van der Waals surface area (Å²) in [5.41, 5.74) is 8.42. The van der Waals surface area contributed by atoms with Gasteiger partial charge in [0.05, 0.1) is 12.1 Å². The number of carbonyl (C=O) groups is 1. The molecule has 1 rings (SSSR count). The van der Waals surface area contributed by atoms with Gasteiger partial charge in [0.1, 0.15) is 0 Å². The maximum atomic E-state index is 12.1. The molecular formula is C18H30N2O. The number of hydrogen-bond donors (Lipinski definition) is 2. The average Bonchev–Trinajstić information content (AvgIpc) is 2.45. The molecule has 118 valence electrons. The number of nitrogens with two attached hydrogens (primary N) is 1. The molecule has 0 radical (unpaired) electrons. The molecule has 21 heavy (non-hydrogen) atoms. The molecule has 0 aromatic heterocycles. The third kappa shape index (κ3) is 5.50. The van der Waals surface area contributed by atoms with Crippen LogP contribution >= 0.6 is 0 Å². The summed E-state index contributed by atoms with van der Waals surface area (Å²) in [7, 11) is 0. The molecule has 0 saturated carbocycles. The molecule has 0 aliphatic rings. The van der Waals surface area contributed by atoms with Gasteiger partial charge in [-0.05, 0) is 36.3 Å². The van der Waals surface area contributed by atoms with E-state index in [1.165, 1.54) is 5.56 Å². The molecule has 1 amide bonds. The molecule has 0 saturated heterocycles. The maximum absolute atomic E-state index is 12.1. The van der Waals surface area contributed by atoms with Gasteiger partial charge in [0.15, 0.2) is 0 Å². The van der Waals surface area contributed by atoms with Gasteiger partial charge in [-0.1, -0.05) is 58.4 Å². The number of amides is 1. The lowest BCUT2D eigenvalue weighted by Gasteiger charge is -2.21. The summed E-state index contributed by atoms with van der Waals surface area (Å²) in [6.45, 7) is 10.5.